The molecule has 0 fully saturated rings. The van der Waals surface area contributed by atoms with Gasteiger partial charge in [0.25, 0.3) is 0 Å². The van der Waals surface area contributed by atoms with Gasteiger partial charge in [-0.15, -0.1) is 0 Å². The Labute approximate surface area is 120 Å². The van der Waals surface area contributed by atoms with E-state index in [-0.39, 0.29) is 6.10 Å². The first-order valence-corrected chi connectivity index (χ1v) is 6.78. The van der Waals surface area contributed by atoms with Gasteiger partial charge in [-0.3, -0.25) is 4.90 Å². The van der Waals surface area contributed by atoms with Crippen molar-refractivity contribution in [2.45, 2.75) is 26.5 Å². The first-order chi connectivity index (χ1) is 9.49. The number of carboxylic acids is 1. The molecule has 0 aliphatic rings. The molecule has 110 valence electrons. The van der Waals surface area contributed by atoms with Crippen molar-refractivity contribution in [3.05, 3.63) is 41.5 Å². The molecule has 0 amide bonds. The number of likely N-dealkylation sites (N-methyl/N-ethyl adjacent to an activating group) is 1. The van der Waals surface area contributed by atoms with E-state index in [1.807, 2.05) is 45.2 Å². The zero-order chi connectivity index (χ0) is 15.0. The van der Waals surface area contributed by atoms with Gasteiger partial charge in [-0.2, -0.15) is 0 Å². The number of aliphatic carboxylic acids is 1. The maximum Gasteiger partial charge on any atom is 0.328 e. The van der Waals surface area contributed by atoms with Crippen LogP contribution in [0.5, 0.6) is 0 Å². The summed E-state index contributed by atoms with van der Waals surface area (Å²) in [7, 11) is 2.03. The van der Waals surface area contributed by atoms with Crippen LogP contribution in [0.25, 0.3) is 6.08 Å². The monoisotopic (exact) mass is 277 g/mol. The van der Waals surface area contributed by atoms with Crippen LogP contribution >= 0.6 is 0 Å². The molecule has 0 aromatic heterocycles. The fraction of sp³-hybridized carbons (Fsp3) is 0.438. The van der Waals surface area contributed by atoms with Crippen LogP contribution in [-0.2, 0) is 16.1 Å². The molecule has 0 radical (unpaired) electrons. The largest absolute Gasteiger partial charge is 0.478 e. The summed E-state index contributed by atoms with van der Waals surface area (Å²) in [6, 6.07) is 7.81. The Morgan fingerprint density at radius 1 is 1.40 bits per heavy atom. The van der Waals surface area contributed by atoms with Gasteiger partial charge in [0.1, 0.15) is 0 Å². The number of benzene rings is 1. The normalized spacial score (nSPS) is 11.7. The van der Waals surface area contributed by atoms with E-state index >= 15 is 0 Å². The average molecular weight is 277 g/mol. The molecule has 0 saturated carbocycles. The first kappa shape index (κ1) is 16.4. The summed E-state index contributed by atoms with van der Waals surface area (Å²) in [4.78, 5) is 12.8. The molecule has 4 heteroatoms. The van der Waals surface area contributed by atoms with E-state index < -0.39 is 5.97 Å². The van der Waals surface area contributed by atoms with Crippen molar-refractivity contribution in [1.29, 1.82) is 0 Å². The molecular formula is C16H23NO3. The summed E-state index contributed by atoms with van der Waals surface area (Å²) in [5.74, 6) is -0.932. The Hall–Kier alpha value is -1.65. The van der Waals surface area contributed by atoms with E-state index in [2.05, 4.69) is 4.90 Å². The first-order valence-electron chi connectivity index (χ1n) is 6.78. The number of hydrogen-bond donors (Lipinski definition) is 1. The Morgan fingerprint density at radius 2 is 2.10 bits per heavy atom. The Bertz CT molecular complexity index is 455. The van der Waals surface area contributed by atoms with Gasteiger partial charge in [0, 0.05) is 19.2 Å². The molecule has 0 aliphatic carbocycles. The van der Waals surface area contributed by atoms with Gasteiger partial charge >= 0.3 is 5.97 Å². The fourth-order valence-electron chi connectivity index (χ4n) is 1.82. The van der Waals surface area contributed by atoms with Crippen molar-refractivity contribution in [2.75, 3.05) is 20.2 Å². The molecule has 0 saturated heterocycles. The minimum atomic E-state index is -0.932. The molecule has 1 rings (SSSR count). The molecule has 1 aromatic rings. The number of nitrogens with zero attached hydrogens (tertiary/aromatic N) is 1. The van der Waals surface area contributed by atoms with Gasteiger partial charge in [0.05, 0.1) is 12.7 Å². The average Bonchev–Trinajstić information content (AvgIpc) is 2.37. The Morgan fingerprint density at radius 3 is 2.75 bits per heavy atom. The van der Waals surface area contributed by atoms with E-state index in [1.165, 1.54) is 6.08 Å². The van der Waals surface area contributed by atoms with Crippen LogP contribution in [0.15, 0.2) is 30.3 Å². The fourth-order valence-corrected chi connectivity index (χ4v) is 1.82. The van der Waals surface area contributed by atoms with Crippen molar-refractivity contribution in [2.24, 2.45) is 0 Å². The maximum absolute atomic E-state index is 10.6. The molecular weight excluding hydrogens is 254 g/mol. The highest BCUT2D eigenvalue weighted by molar-refractivity contribution is 5.85. The van der Waals surface area contributed by atoms with Gasteiger partial charge in [-0.25, -0.2) is 4.79 Å². The third kappa shape index (κ3) is 6.50. The van der Waals surface area contributed by atoms with Gasteiger partial charge in [-0.05, 0) is 38.1 Å². The van der Waals surface area contributed by atoms with Crippen LogP contribution in [-0.4, -0.2) is 42.3 Å². The Kier molecular flexibility index (Phi) is 6.98. The molecule has 0 bridgehead atoms. The van der Waals surface area contributed by atoms with E-state index in [9.17, 15) is 4.79 Å². The van der Waals surface area contributed by atoms with Crippen molar-refractivity contribution in [3.8, 4) is 0 Å². The minimum absolute atomic E-state index is 0.245. The second-order valence-corrected chi connectivity index (χ2v) is 5.03. The van der Waals surface area contributed by atoms with Crippen molar-refractivity contribution < 1.29 is 14.6 Å². The summed E-state index contributed by atoms with van der Waals surface area (Å²) in [5, 5.41) is 8.70. The van der Waals surface area contributed by atoms with Gasteiger partial charge in [0.15, 0.2) is 0 Å². The lowest BCUT2D eigenvalue weighted by molar-refractivity contribution is -0.131. The predicted molar refractivity (Wildman–Crippen MR) is 80.5 cm³/mol. The quantitative estimate of drug-likeness (QED) is 0.742. The minimum Gasteiger partial charge on any atom is -0.478 e. The lowest BCUT2D eigenvalue weighted by Crippen LogP contribution is -2.24. The second kappa shape index (κ2) is 8.51. The molecule has 1 N–H and O–H groups in total. The predicted octanol–water partition coefficient (Wildman–Crippen LogP) is 2.64. The van der Waals surface area contributed by atoms with Crippen LogP contribution in [0.2, 0.25) is 0 Å². The molecule has 1 aromatic carbocycles. The molecule has 0 unspecified atom stereocenters. The summed E-state index contributed by atoms with van der Waals surface area (Å²) < 4.78 is 5.53. The second-order valence-electron chi connectivity index (χ2n) is 5.03. The number of carboxylic acid groups (broad SMARTS) is 1. The van der Waals surface area contributed by atoms with Crippen LogP contribution < -0.4 is 0 Å². The van der Waals surface area contributed by atoms with E-state index in [0.717, 1.165) is 24.2 Å². The Balaban J connectivity index is 2.60. The van der Waals surface area contributed by atoms with Crippen LogP contribution in [0.3, 0.4) is 0 Å². The molecule has 0 spiro atoms. The molecule has 0 aliphatic heterocycles. The molecule has 0 heterocycles. The number of hydrogen-bond acceptors (Lipinski definition) is 3. The standard InChI is InChI=1S/C16H23NO3/c1-13(2)20-11-10-17(3)12-15-7-5-4-6-14(15)8-9-16(18)19/h4-9,13H,10-12H2,1-3H3,(H,18,19)/b9-8+. The summed E-state index contributed by atoms with van der Waals surface area (Å²) in [6.07, 6.45) is 3.05. The van der Waals surface area contributed by atoms with E-state index in [4.69, 9.17) is 9.84 Å². The van der Waals surface area contributed by atoms with Crippen LogP contribution in [0, 0.1) is 0 Å². The summed E-state index contributed by atoms with van der Waals surface area (Å²) in [6.45, 7) is 6.34. The van der Waals surface area contributed by atoms with Gasteiger partial charge < -0.3 is 9.84 Å². The maximum atomic E-state index is 10.6. The highest BCUT2D eigenvalue weighted by Crippen LogP contribution is 2.12. The topological polar surface area (TPSA) is 49.8 Å². The highest BCUT2D eigenvalue weighted by Gasteiger charge is 2.04. The summed E-state index contributed by atoms with van der Waals surface area (Å²) >= 11 is 0. The summed E-state index contributed by atoms with van der Waals surface area (Å²) in [5.41, 5.74) is 2.04. The van der Waals surface area contributed by atoms with E-state index in [1.54, 1.807) is 6.08 Å². The van der Waals surface area contributed by atoms with Crippen LogP contribution in [0.1, 0.15) is 25.0 Å². The van der Waals surface area contributed by atoms with Crippen molar-refractivity contribution >= 4 is 12.0 Å². The lowest BCUT2D eigenvalue weighted by atomic mass is 10.1. The molecule has 20 heavy (non-hydrogen) atoms. The van der Waals surface area contributed by atoms with Gasteiger partial charge in [-0.1, -0.05) is 24.3 Å². The van der Waals surface area contributed by atoms with Crippen molar-refractivity contribution in [3.63, 3.8) is 0 Å². The highest BCUT2D eigenvalue weighted by atomic mass is 16.5. The third-order valence-corrected chi connectivity index (χ3v) is 2.83. The zero-order valence-corrected chi connectivity index (χ0v) is 12.4. The lowest BCUT2D eigenvalue weighted by Gasteiger charge is -2.18. The SMILES string of the molecule is CC(C)OCCN(C)Cc1ccccc1/C=C/C(=O)O. The van der Waals surface area contributed by atoms with Crippen LogP contribution in [0.4, 0.5) is 0 Å². The molecule has 0 atom stereocenters. The third-order valence-electron chi connectivity index (χ3n) is 2.83. The van der Waals surface area contributed by atoms with Crippen molar-refractivity contribution in [1.82, 2.24) is 4.90 Å². The van der Waals surface area contributed by atoms with Gasteiger partial charge in [0.2, 0.25) is 0 Å². The number of ether oxygens (including phenoxy) is 1. The van der Waals surface area contributed by atoms with E-state index in [0.29, 0.717) is 6.61 Å². The smallest absolute Gasteiger partial charge is 0.328 e. The zero-order valence-electron chi connectivity index (χ0n) is 12.4. The number of carbonyl (C=O) groups is 1. The number of rotatable bonds is 8. The molecule has 4 nitrogen and oxygen atoms in total.